The van der Waals surface area contributed by atoms with E-state index < -0.39 is 0 Å². The van der Waals surface area contributed by atoms with Crippen molar-refractivity contribution >= 4 is 5.91 Å². The first-order chi connectivity index (χ1) is 12.7. The number of aryl methyl sites for hydroxylation is 1. The Hall–Kier alpha value is -2.31. The summed E-state index contributed by atoms with van der Waals surface area (Å²) >= 11 is 0. The van der Waals surface area contributed by atoms with E-state index in [9.17, 15) is 9.90 Å². The van der Waals surface area contributed by atoms with Gasteiger partial charge >= 0.3 is 0 Å². The molecule has 0 aliphatic carbocycles. The van der Waals surface area contributed by atoms with E-state index in [1.54, 1.807) is 6.20 Å². The molecular weight excluding hydrogens is 330 g/mol. The van der Waals surface area contributed by atoms with Crippen LogP contribution in [0.1, 0.15) is 41.4 Å². The first kappa shape index (κ1) is 18.5. The van der Waals surface area contributed by atoms with Crippen LogP contribution in [0.4, 0.5) is 0 Å². The third kappa shape index (κ3) is 4.65. The minimum absolute atomic E-state index is 0.00181. The van der Waals surface area contributed by atoms with E-state index in [1.165, 1.54) is 0 Å². The molecule has 1 atom stereocenters. The molecule has 6 nitrogen and oxygen atoms in total. The number of hydrogen-bond donors (Lipinski definition) is 1. The second-order valence-electron chi connectivity index (χ2n) is 6.64. The fourth-order valence-corrected chi connectivity index (χ4v) is 3.34. The monoisotopic (exact) mass is 355 g/mol. The van der Waals surface area contributed by atoms with Crippen LogP contribution in [0.2, 0.25) is 0 Å². The van der Waals surface area contributed by atoms with E-state index in [4.69, 9.17) is 4.74 Å². The SMILES string of the molecule is Cc1ncc(CO)c(C2CCCN(C(=O)COCc3ccccc3)C2)n1. The molecule has 1 unspecified atom stereocenters. The van der Waals surface area contributed by atoms with E-state index >= 15 is 0 Å². The van der Waals surface area contributed by atoms with Gasteiger partial charge in [0, 0.05) is 30.8 Å². The first-order valence-electron chi connectivity index (χ1n) is 9.00. The smallest absolute Gasteiger partial charge is 0.248 e. The van der Waals surface area contributed by atoms with Crippen LogP contribution < -0.4 is 0 Å². The van der Waals surface area contributed by atoms with Crippen molar-refractivity contribution in [2.75, 3.05) is 19.7 Å². The summed E-state index contributed by atoms with van der Waals surface area (Å²) in [5.41, 5.74) is 2.67. The lowest BCUT2D eigenvalue weighted by Crippen LogP contribution is -2.41. The van der Waals surface area contributed by atoms with Crippen molar-refractivity contribution in [1.82, 2.24) is 14.9 Å². The molecule has 1 aromatic carbocycles. The number of ether oxygens (including phenoxy) is 1. The molecule has 1 aromatic heterocycles. The van der Waals surface area contributed by atoms with Crippen LogP contribution in [0.3, 0.4) is 0 Å². The summed E-state index contributed by atoms with van der Waals surface area (Å²) in [5.74, 6) is 0.819. The molecule has 0 saturated carbocycles. The molecule has 1 aliphatic heterocycles. The molecule has 2 aromatic rings. The van der Waals surface area contributed by atoms with Gasteiger partial charge in [-0.15, -0.1) is 0 Å². The molecule has 3 rings (SSSR count). The van der Waals surface area contributed by atoms with E-state index in [-0.39, 0.29) is 25.0 Å². The molecule has 1 amide bonds. The lowest BCUT2D eigenvalue weighted by atomic mass is 9.92. The van der Waals surface area contributed by atoms with Crippen LogP contribution in [0.25, 0.3) is 0 Å². The lowest BCUT2D eigenvalue weighted by molar-refractivity contribution is -0.137. The van der Waals surface area contributed by atoms with Crippen LogP contribution >= 0.6 is 0 Å². The van der Waals surface area contributed by atoms with Gasteiger partial charge in [-0.1, -0.05) is 30.3 Å². The number of amides is 1. The van der Waals surface area contributed by atoms with Gasteiger partial charge in [-0.25, -0.2) is 9.97 Å². The van der Waals surface area contributed by atoms with Crippen LogP contribution in [0.15, 0.2) is 36.5 Å². The molecule has 1 N–H and O–H groups in total. The summed E-state index contributed by atoms with van der Waals surface area (Å²) in [6, 6.07) is 9.83. The van der Waals surface area contributed by atoms with Crippen molar-refractivity contribution in [3.8, 4) is 0 Å². The Morgan fingerprint density at radius 3 is 2.92 bits per heavy atom. The van der Waals surface area contributed by atoms with Crippen molar-refractivity contribution in [2.45, 2.75) is 38.9 Å². The summed E-state index contributed by atoms with van der Waals surface area (Å²) in [6.45, 7) is 3.62. The van der Waals surface area contributed by atoms with Crippen molar-refractivity contribution in [3.05, 3.63) is 59.2 Å². The quantitative estimate of drug-likeness (QED) is 0.860. The maximum atomic E-state index is 12.5. The van der Waals surface area contributed by atoms with Crippen LogP contribution in [0, 0.1) is 6.92 Å². The molecule has 1 saturated heterocycles. The number of piperidine rings is 1. The average molecular weight is 355 g/mol. The summed E-state index contributed by atoms with van der Waals surface area (Å²) in [5, 5.41) is 9.56. The minimum atomic E-state index is -0.0831. The molecule has 1 fully saturated rings. The molecule has 26 heavy (non-hydrogen) atoms. The van der Waals surface area contributed by atoms with Gasteiger partial charge in [0.05, 0.1) is 18.9 Å². The van der Waals surface area contributed by atoms with E-state index in [0.717, 1.165) is 36.2 Å². The Balaban J connectivity index is 1.58. The van der Waals surface area contributed by atoms with Gasteiger partial charge in [0.1, 0.15) is 12.4 Å². The van der Waals surface area contributed by atoms with E-state index in [1.807, 2.05) is 42.2 Å². The lowest BCUT2D eigenvalue weighted by Gasteiger charge is -2.33. The number of likely N-dealkylation sites (tertiary alicyclic amines) is 1. The first-order valence-corrected chi connectivity index (χ1v) is 9.00. The zero-order chi connectivity index (χ0) is 18.4. The molecule has 138 valence electrons. The molecule has 2 heterocycles. The van der Waals surface area contributed by atoms with Crippen LogP contribution in [0.5, 0.6) is 0 Å². The summed E-state index contributed by atoms with van der Waals surface area (Å²) in [4.78, 5) is 23.0. The average Bonchev–Trinajstić information content (AvgIpc) is 2.69. The number of benzene rings is 1. The largest absolute Gasteiger partial charge is 0.392 e. The maximum Gasteiger partial charge on any atom is 0.248 e. The zero-order valence-corrected chi connectivity index (χ0v) is 15.1. The Labute approximate surface area is 153 Å². The van der Waals surface area contributed by atoms with Gasteiger partial charge in [0.2, 0.25) is 5.91 Å². The predicted octanol–water partition coefficient (Wildman–Crippen LogP) is 2.20. The molecule has 0 bridgehead atoms. The van der Waals surface area contributed by atoms with Gasteiger partial charge in [-0.2, -0.15) is 0 Å². The number of aliphatic hydroxyl groups excluding tert-OH is 1. The maximum absolute atomic E-state index is 12.5. The number of aromatic nitrogens is 2. The van der Waals surface area contributed by atoms with Crippen LogP contribution in [-0.4, -0.2) is 45.6 Å². The zero-order valence-electron chi connectivity index (χ0n) is 15.1. The summed E-state index contributed by atoms with van der Waals surface area (Å²) in [6.07, 6.45) is 3.56. The highest BCUT2D eigenvalue weighted by Gasteiger charge is 2.27. The number of hydrogen-bond acceptors (Lipinski definition) is 5. The van der Waals surface area contributed by atoms with Gasteiger partial charge in [0.15, 0.2) is 0 Å². The highest BCUT2D eigenvalue weighted by atomic mass is 16.5. The Bertz CT molecular complexity index is 736. The Morgan fingerprint density at radius 1 is 1.35 bits per heavy atom. The molecule has 6 heteroatoms. The number of carbonyl (C=O) groups is 1. The fraction of sp³-hybridized carbons (Fsp3) is 0.450. The predicted molar refractivity (Wildman–Crippen MR) is 97.3 cm³/mol. The van der Waals surface area contributed by atoms with E-state index in [0.29, 0.717) is 19.0 Å². The minimum Gasteiger partial charge on any atom is -0.392 e. The summed E-state index contributed by atoms with van der Waals surface area (Å²) in [7, 11) is 0. The van der Waals surface area contributed by atoms with E-state index in [2.05, 4.69) is 9.97 Å². The van der Waals surface area contributed by atoms with Gasteiger partial charge in [-0.3, -0.25) is 4.79 Å². The normalized spacial score (nSPS) is 17.3. The van der Waals surface area contributed by atoms with Crippen molar-refractivity contribution < 1.29 is 14.6 Å². The Kier molecular flexibility index (Phi) is 6.30. The standard InChI is InChI=1S/C20H25N3O3/c1-15-21-10-18(12-24)20(22-15)17-8-5-9-23(11-17)19(25)14-26-13-16-6-3-2-4-7-16/h2-4,6-7,10,17,24H,5,8-9,11-14H2,1H3. The van der Waals surface area contributed by atoms with Crippen molar-refractivity contribution in [1.29, 1.82) is 0 Å². The van der Waals surface area contributed by atoms with Crippen molar-refractivity contribution in [2.24, 2.45) is 0 Å². The second kappa shape index (κ2) is 8.87. The number of aliphatic hydroxyl groups is 1. The van der Waals surface area contributed by atoms with Gasteiger partial charge < -0.3 is 14.7 Å². The Morgan fingerprint density at radius 2 is 2.15 bits per heavy atom. The van der Waals surface area contributed by atoms with Crippen LogP contribution in [-0.2, 0) is 22.7 Å². The third-order valence-electron chi connectivity index (χ3n) is 4.69. The molecule has 1 aliphatic rings. The summed E-state index contributed by atoms with van der Waals surface area (Å²) < 4.78 is 5.58. The van der Waals surface area contributed by atoms with Crippen molar-refractivity contribution in [3.63, 3.8) is 0 Å². The van der Waals surface area contributed by atoms with Gasteiger partial charge in [0.25, 0.3) is 0 Å². The fourth-order valence-electron chi connectivity index (χ4n) is 3.34. The third-order valence-corrected chi connectivity index (χ3v) is 4.69. The molecule has 0 spiro atoms. The highest BCUT2D eigenvalue weighted by molar-refractivity contribution is 5.77. The number of carbonyl (C=O) groups excluding carboxylic acids is 1. The molecular formula is C20H25N3O3. The second-order valence-corrected chi connectivity index (χ2v) is 6.64. The number of rotatable bonds is 6. The highest BCUT2D eigenvalue weighted by Crippen LogP contribution is 2.28. The van der Waals surface area contributed by atoms with Gasteiger partial charge in [-0.05, 0) is 25.3 Å². The molecule has 0 radical (unpaired) electrons. The topological polar surface area (TPSA) is 75.6 Å². The number of nitrogens with zero attached hydrogens (tertiary/aromatic N) is 3.